The van der Waals surface area contributed by atoms with Crippen molar-refractivity contribution >= 4 is 0 Å². The van der Waals surface area contributed by atoms with E-state index in [1.165, 1.54) is 13.0 Å². The maximum atomic E-state index is 3.17. The summed E-state index contributed by atoms with van der Waals surface area (Å²) in [4.78, 5) is 0. The van der Waals surface area contributed by atoms with Crippen LogP contribution in [-0.2, 0) is 32.7 Å². The van der Waals surface area contributed by atoms with E-state index in [4.69, 9.17) is 0 Å². The molecule has 1 nitrogen and oxygen atoms in total. The van der Waals surface area contributed by atoms with Crippen molar-refractivity contribution in [1.29, 1.82) is 0 Å². The number of hydrogen-bond acceptors (Lipinski definition) is 1. The Morgan fingerprint density at radius 1 is 1.50 bits per heavy atom. The molecule has 0 amide bonds. The van der Waals surface area contributed by atoms with Crippen LogP contribution < -0.4 is 5.32 Å². The average Bonchev–Trinajstić information content (AvgIpc) is 1.76. The van der Waals surface area contributed by atoms with Gasteiger partial charge in [-0.25, -0.2) is 0 Å². The summed E-state index contributed by atoms with van der Waals surface area (Å²) in [7, 11) is 0. The fourth-order valence-electron chi connectivity index (χ4n) is 0.510. The van der Waals surface area contributed by atoms with Crippen molar-refractivity contribution in [2.45, 2.75) is 6.42 Å². The van der Waals surface area contributed by atoms with Gasteiger partial charge in [0.2, 0.25) is 0 Å². The van der Waals surface area contributed by atoms with Crippen LogP contribution in [0.4, 0.5) is 0 Å². The predicted molar refractivity (Wildman–Crippen MR) is 21.8 cm³/mol. The molecule has 33 valence electrons. The zero-order chi connectivity index (χ0) is 3.54. The van der Waals surface area contributed by atoms with Crippen molar-refractivity contribution in [1.82, 2.24) is 5.32 Å². The largest absolute Gasteiger partial charge is 0.349 e. The third-order valence-corrected chi connectivity index (χ3v) is 0.814. The minimum atomic E-state index is 0. The van der Waals surface area contributed by atoms with Crippen LogP contribution in [-0.4, -0.2) is 13.1 Å². The normalized spacial score (nSPS) is 20.0. The molecule has 1 aliphatic rings. The van der Waals surface area contributed by atoms with Crippen LogP contribution in [0.3, 0.4) is 0 Å². The van der Waals surface area contributed by atoms with Crippen LogP contribution in [0.25, 0.3) is 0 Å². The van der Waals surface area contributed by atoms with Crippen LogP contribution in [0.1, 0.15) is 6.42 Å². The van der Waals surface area contributed by atoms with Gasteiger partial charge in [-0.1, -0.05) is 0 Å². The van der Waals surface area contributed by atoms with Crippen LogP contribution in [0.5, 0.6) is 0 Å². The summed E-state index contributed by atoms with van der Waals surface area (Å²) >= 11 is 0. The minimum Gasteiger partial charge on any atom is -0.349 e. The topological polar surface area (TPSA) is 12.0 Å². The Labute approximate surface area is 63.8 Å². The average molecular weight is 159 g/mol. The van der Waals surface area contributed by atoms with Crippen molar-refractivity contribution in [2.24, 2.45) is 0 Å². The van der Waals surface area contributed by atoms with E-state index >= 15 is 0 Å². The zero-order valence-corrected chi connectivity index (χ0v) is 6.61. The first-order chi connectivity index (χ1) is 2.50. The van der Waals surface area contributed by atoms with E-state index in [2.05, 4.69) is 11.7 Å². The fourth-order valence-corrected chi connectivity index (χ4v) is 0.510. The first kappa shape index (κ1) is 7.06. The minimum absolute atomic E-state index is 0. The summed E-state index contributed by atoms with van der Waals surface area (Å²) in [6.07, 6.45) is 3.51. The third-order valence-electron chi connectivity index (χ3n) is 0.814. The molecule has 0 bridgehead atoms. The van der Waals surface area contributed by atoms with Gasteiger partial charge >= 0.3 is 0 Å². The maximum Gasteiger partial charge on any atom is 0 e. The number of nitrogens with one attached hydrogen (secondary N) is 1. The number of hydrogen-bond donors (Lipinski definition) is 1. The molecule has 0 spiro atoms. The molecular weight excluding hydrogens is 151 g/mol. The molecule has 6 heavy (non-hydrogen) atoms. The fraction of sp³-hybridized carbons (Fsp3) is 0.750. The van der Waals surface area contributed by atoms with Crippen molar-refractivity contribution in [3.8, 4) is 0 Å². The van der Waals surface area contributed by atoms with Gasteiger partial charge in [-0.15, -0.1) is 6.54 Å². The predicted octanol–water partition coefficient (Wildman–Crippen LogP) is 0.181. The molecule has 0 saturated carbocycles. The molecular formula is C4H8NY-. The second-order valence-corrected chi connectivity index (χ2v) is 1.28. The molecule has 1 aliphatic heterocycles. The maximum absolute atomic E-state index is 3.17. The summed E-state index contributed by atoms with van der Waals surface area (Å²) in [5.41, 5.74) is 0. The van der Waals surface area contributed by atoms with Crippen LogP contribution in [0.2, 0.25) is 0 Å². The summed E-state index contributed by atoms with van der Waals surface area (Å²) < 4.78 is 0. The van der Waals surface area contributed by atoms with Gasteiger partial charge in [-0.3, -0.25) is 0 Å². The van der Waals surface area contributed by atoms with E-state index in [1.807, 2.05) is 0 Å². The Hall–Kier alpha value is 1.06. The first-order valence-corrected chi connectivity index (χ1v) is 2.02. The Morgan fingerprint density at radius 2 is 2.33 bits per heavy atom. The summed E-state index contributed by atoms with van der Waals surface area (Å²) in [5, 5.41) is 3.17. The molecule has 0 aromatic heterocycles. The Bertz CT molecular complexity index is 19.1. The zero-order valence-electron chi connectivity index (χ0n) is 3.78. The molecule has 0 aromatic rings. The monoisotopic (exact) mass is 159 g/mol. The summed E-state index contributed by atoms with van der Waals surface area (Å²) in [6, 6.07) is 0. The molecule has 1 heterocycles. The molecule has 0 atom stereocenters. The smallest absolute Gasteiger partial charge is 0 e. The molecule has 1 fully saturated rings. The van der Waals surface area contributed by atoms with Gasteiger partial charge in [0, 0.05) is 32.7 Å². The van der Waals surface area contributed by atoms with E-state index in [0.29, 0.717) is 0 Å². The number of rotatable bonds is 0. The van der Waals surface area contributed by atoms with E-state index < -0.39 is 0 Å². The van der Waals surface area contributed by atoms with Gasteiger partial charge in [-0.2, -0.15) is 6.42 Å². The van der Waals surface area contributed by atoms with Crippen molar-refractivity contribution in [2.75, 3.05) is 13.1 Å². The van der Waals surface area contributed by atoms with Gasteiger partial charge in [-0.05, 0) is 6.54 Å². The summed E-state index contributed by atoms with van der Waals surface area (Å²) in [6.45, 7) is 2.32. The molecule has 2 heteroatoms. The Balaban J connectivity index is 0.000000250. The van der Waals surface area contributed by atoms with Crippen LogP contribution in [0, 0.1) is 6.42 Å². The van der Waals surface area contributed by atoms with Crippen molar-refractivity contribution in [3.63, 3.8) is 0 Å². The molecule has 0 unspecified atom stereocenters. The van der Waals surface area contributed by atoms with E-state index in [-0.39, 0.29) is 32.7 Å². The molecule has 0 aromatic carbocycles. The Morgan fingerprint density at radius 3 is 2.50 bits per heavy atom. The molecule has 1 saturated heterocycles. The van der Waals surface area contributed by atoms with Crippen molar-refractivity contribution in [3.05, 3.63) is 6.42 Å². The molecule has 1 rings (SSSR count). The van der Waals surface area contributed by atoms with E-state index in [1.54, 1.807) is 0 Å². The van der Waals surface area contributed by atoms with Gasteiger partial charge in [0.25, 0.3) is 0 Å². The van der Waals surface area contributed by atoms with Crippen molar-refractivity contribution < 1.29 is 32.7 Å². The first-order valence-electron chi connectivity index (χ1n) is 2.02. The molecule has 0 aliphatic carbocycles. The van der Waals surface area contributed by atoms with E-state index in [0.717, 1.165) is 6.54 Å². The van der Waals surface area contributed by atoms with Gasteiger partial charge in [0.1, 0.15) is 0 Å². The van der Waals surface area contributed by atoms with E-state index in [9.17, 15) is 0 Å². The molecule has 1 N–H and O–H groups in total. The van der Waals surface area contributed by atoms with Gasteiger partial charge < -0.3 is 11.7 Å². The third kappa shape index (κ3) is 2.27. The second-order valence-electron chi connectivity index (χ2n) is 1.28. The SMILES string of the molecule is [CH-]1CCNC1.[Y]. The van der Waals surface area contributed by atoms with Crippen LogP contribution in [0.15, 0.2) is 0 Å². The van der Waals surface area contributed by atoms with Gasteiger partial charge in [0.15, 0.2) is 0 Å². The standard InChI is InChI=1S/C4H8N.Y/c1-2-4-5-3-1;/h1,5H,2-4H2;/q-1;. The second kappa shape index (κ2) is 4.23. The summed E-state index contributed by atoms with van der Waals surface area (Å²) in [5.74, 6) is 0. The quantitative estimate of drug-likeness (QED) is 0.497. The molecule has 1 radical (unpaired) electrons. The van der Waals surface area contributed by atoms with Crippen LogP contribution >= 0.6 is 0 Å². The van der Waals surface area contributed by atoms with Gasteiger partial charge in [0.05, 0.1) is 0 Å². The Kier molecular flexibility index (Phi) is 4.98.